The summed E-state index contributed by atoms with van der Waals surface area (Å²) in [6.07, 6.45) is -4.66. The number of nitrogens with two attached hydrogens (primary N) is 1. The number of rotatable bonds is 2. The fraction of sp³-hybridized carbons (Fsp3) is 0.154. The number of benzene rings is 1. The van der Waals surface area contributed by atoms with Crippen LogP contribution in [0.3, 0.4) is 0 Å². The number of carbonyl (C=O) groups excluding carboxylic acids is 1. The molecule has 0 fully saturated rings. The molecule has 0 saturated heterocycles. The van der Waals surface area contributed by atoms with Crippen molar-refractivity contribution in [1.82, 2.24) is 10.2 Å². The van der Waals surface area contributed by atoms with Gasteiger partial charge in [0.05, 0.1) is 23.9 Å². The molecule has 0 aliphatic heterocycles. The highest BCUT2D eigenvalue weighted by Crippen LogP contribution is 2.34. The fourth-order valence-corrected chi connectivity index (χ4v) is 1.73. The van der Waals surface area contributed by atoms with Crippen LogP contribution in [0.4, 0.5) is 19.0 Å². The Morgan fingerprint density at radius 3 is 2.43 bits per heavy atom. The quantitative estimate of drug-likeness (QED) is 0.862. The number of carbonyl (C=O) groups is 1. The van der Waals surface area contributed by atoms with Crippen molar-refractivity contribution in [3.8, 4) is 11.3 Å². The van der Waals surface area contributed by atoms with Crippen LogP contribution in [-0.4, -0.2) is 23.3 Å². The Labute approximate surface area is 117 Å². The van der Waals surface area contributed by atoms with Gasteiger partial charge in [-0.3, -0.25) is 0 Å². The normalized spacial score (nSPS) is 11.2. The number of nitrogen functional groups attached to an aromatic ring is 1. The Kier molecular flexibility index (Phi) is 3.79. The fourth-order valence-electron chi connectivity index (χ4n) is 1.73. The highest BCUT2D eigenvalue weighted by molar-refractivity contribution is 5.92. The van der Waals surface area contributed by atoms with Crippen molar-refractivity contribution in [1.29, 1.82) is 0 Å². The van der Waals surface area contributed by atoms with Gasteiger partial charge in [0.1, 0.15) is 5.82 Å². The van der Waals surface area contributed by atoms with Crippen LogP contribution in [0.1, 0.15) is 15.9 Å². The van der Waals surface area contributed by atoms with Gasteiger partial charge in [0.2, 0.25) is 0 Å². The summed E-state index contributed by atoms with van der Waals surface area (Å²) in [7, 11) is 1.01. The van der Waals surface area contributed by atoms with E-state index in [1.54, 1.807) is 0 Å². The molecule has 0 radical (unpaired) electrons. The molecule has 0 bridgehead atoms. The number of nitrogens with zero attached hydrogens (tertiary/aromatic N) is 2. The molecule has 0 amide bonds. The third-order valence-corrected chi connectivity index (χ3v) is 2.71. The van der Waals surface area contributed by atoms with Crippen LogP contribution in [0, 0.1) is 0 Å². The van der Waals surface area contributed by atoms with E-state index >= 15 is 0 Å². The van der Waals surface area contributed by atoms with Gasteiger partial charge < -0.3 is 10.5 Å². The molecule has 110 valence electrons. The van der Waals surface area contributed by atoms with Gasteiger partial charge in [-0.15, -0.1) is 10.2 Å². The molecule has 1 aromatic heterocycles. The summed E-state index contributed by atoms with van der Waals surface area (Å²) in [5.74, 6) is -0.897. The molecule has 2 N–H and O–H groups in total. The van der Waals surface area contributed by atoms with Gasteiger partial charge in [-0.05, 0) is 24.3 Å². The maximum absolute atomic E-state index is 12.9. The number of alkyl halides is 3. The van der Waals surface area contributed by atoms with Crippen molar-refractivity contribution in [2.75, 3.05) is 12.8 Å². The third-order valence-electron chi connectivity index (χ3n) is 2.71. The molecule has 0 atom stereocenters. The Morgan fingerprint density at radius 1 is 1.19 bits per heavy atom. The molecule has 5 nitrogen and oxygen atoms in total. The predicted molar refractivity (Wildman–Crippen MR) is 68.2 cm³/mol. The van der Waals surface area contributed by atoms with Gasteiger partial charge in [0.15, 0.2) is 0 Å². The molecule has 0 spiro atoms. The summed E-state index contributed by atoms with van der Waals surface area (Å²) in [5.41, 5.74) is 4.34. The second-order valence-corrected chi connectivity index (χ2v) is 4.09. The maximum Gasteiger partial charge on any atom is 0.417 e. The van der Waals surface area contributed by atoms with E-state index in [0.29, 0.717) is 11.3 Å². The first kappa shape index (κ1) is 14.8. The van der Waals surface area contributed by atoms with Gasteiger partial charge >= 0.3 is 12.1 Å². The number of anilines is 1. The largest absolute Gasteiger partial charge is 0.465 e. The second kappa shape index (κ2) is 5.39. The van der Waals surface area contributed by atoms with Crippen LogP contribution in [0.2, 0.25) is 0 Å². The summed E-state index contributed by atoms with van der Waals surface area (Å²) in [6, 6.07) is 6.02. The Balaban J connectivity index is 2.56. The molecule has 0 saturated carbocycles. The minimum absolute atomic E-state index is 0.179. The van der Waals surface area contributed by atoms with Gasteiger partial charge in [-0.1, -0.05) is 6.07 Å². The molecule has 0 aliphatic carbocycles. The van der Waals surface area contributed by atoms with Crippen LogP contribution in [0.5, 0.6) is 0 Å². The Hall–Kier alpha value is -2.64. The zero-order chi connectivity index (χ0) is 15.6. The number of methoxy groups -OCH3 is 1. The molecule has 2 aromatic rings. The number of hydrogen-bond donors (Lipinski definition) is 1. The zero-order valence-corrected chi connectivity index (χ0v) is 10.8. The number of halogens is 3. The van der Waals surface area contributed by atoms with Gasteiger partial charge in [0.25, 0.3) is 0 Å². The summed E-state index contributed by atoms with van der Waals surface area (Å²) in [5, 5.41) is 7.37. The van der Waals surface area contributed by atoms with E-state index in [4.69, 9.17) is 5.73 Å². The lowest BCUT2D eigenvalue weighted by Gasteiger charge is -2.12. The maximum atomic E-state index is 12.9. The van der Waals surface area contributed by atoms with Crippen molar-refractivity contribution in [2.24, 2.45) is 0 Å². The summed E-state index contributed by atoms with van der Waals surface area (Å²) >= 11 is 0. The lowest BCUT2D eigenvalue weighted by atomic mass is 10.0. The van der Waals surface area contributed by atoms with Crippen LogP contribution >= 0.6 is 0 Å². The Bertz CT molecular complexity index is 669. The Morgan fingerprint density at radius 2 is 1.90 bits per heavy atom. The van der Waals surface area contributed by atoms with Gasteiger partial charge in [-0.25, -0.2) is 4.79 Å². The van der Waals surface area contributed by atoms with Crippen molar-refractivity contribution in [3.63, 3.8) is 0 Å². The topological polar surface area (TPSA) is 78.1 Å². The van der Waals surface area contributed by atoms with Crippen molar-refractivity contribution >= 4 is 11.8 Å². The highest BCUT2D eigenvalue weighted by Gasteiger charge is 2.35. The van der Waals surface area contributed by atoms with E-state index in [1.807, 2.05) is 0 Å². The monoisotopic (exact) mass is 297 g/mol. The van der Waals surface area contributed by atoms with Crippen LogP contribution in [-0.2, 0) is 10.9 Å². The van der Waals surface area contributed by atoms with E-state index < -0.39 is 23.3 Å². The molecular weight excluding hydrogens is 287 g/mol. The van der Waals surface area contributed by atoms with Crippen LogP contribution < -0.4 is 5.73 Å². The second-order valence-electron chi connectivity index (χ2n) is 4.09. The lowest BCUT2D eigenvalue weighted by Crippen LogP contribution is -2.14. The summed E-state index contributed by atoms with van der Waals surface area (Å²) < 4.78 is 43.0. The predicted octanol–water partition coefficient (Wildman–Crippen LogP) is 2.53. The average molecular weight is 297 g/mol. The first-order valence-corrected chi connectivity index (χ1v) is 5.72. The average Bonchev–Trinajstić information content (AvgIpc) is 2.45. The molecule has 2 rings (SSSR count). The number of esters is 1. The molecular formula is C13H10F3N3O2. The van der Waals surface area contributed by atoms with E-state index in [1.165, 1.54) is 18.2 Å². The molecule has 8 heteroatoms. The molecule has 0 unspecified atom stereocenters. The number of hydrogen-bond acceptors (Lipinski definition) is 5. The third kappa shape index (κ3) is 3.10. The molecule has 1 aromatic carbocycles. The van der Waals surface area contributed by atoms with E-state index in [-0.39, 0.29) is 5.82 Å². The molecule has 21 heavy (non-hydrogen) atoms. The number of ether oxygens (including phenoxy) is 1. The van der Waals surface area contributed by atoms with E-state index in [9.17, 15) is 18.0 Å². The highest BCUT2D eigenvalue weighted by atomic mass is 19.4. The smallest absolute Gasteiger partial charge is 0.417 e. The van der Waals surface area contributed by atoms with Crippen LogP contribution in [0.25, 0.3) is 11.3 Å². The first-order chi connectivity index (χ1) is 9.82. The minimum Gasteiger partial charge on any atom is -0.465 e. The van der Waals surface area contributed by atoms with Gasteiger partial charge in [-0.2, -0.15) is 13.2 Å². The summed E-state index contributed by atoms with van der Waals surface area (Å²) in [6.45, 7) is 0. The standard InChI is InChI=1S/C13H10F3N3O2/c1-21-12(20)8-6-7(2-3-9(8)13(14,15)16)10-4-5-11(17)19-18-10/h2-6H,1H3,(H2,17,19). The first-order valence-electron chi connectivity index (χ1n) is 5.72. The summed E-state index contributed by atoms with van der Waals surface area (Å²) in [4.78, 5) is 11.5. The van der Waals surface area contributed by atoms with E-state index in [0.717, 1.165) is 19.2 Å². The van der Waals surface area contributed by atoms with Crippen LogP contribution in [0.15, 0.2) is 30.3 Å². The lowest BCUT2D eigenvalue weighted by molar-refractivity contribution is -0.138. The van der Waals surface area contributed by atoms with Crippen molar-refractivity contribution in [3.05, 3.63) is 41.5 Å². The minimum atomic E-state index is -4.66. The zero-order valence-electron chi connectivity index (χ0n) is 10.8. The molecule has 0 aliphatic rings. The van der Waals surface area contributed by atoms with Gasteiger partial charge in [0, 0.05) is 5.56 Å². The van der Waals surface area contributed by atoms with Crippen molar-refractivity contribution in [2.45, 2.75) is 6.18 Å². The van der Waals surface area contributed by atoms with E-state index in [2.05, 4.69) is 14.9 Å². The number of aromatic nitrogens is 2. The SMILES string of the molecule is COC(=O)c1cc(-c2ccc(N)nn2)ccc1C(F)(F)F. The molecule has 1 heterocycles. The van der Waals surface area contributed by atoms with Crippen molar-refractivity contribution < 1.29 is 22.7 Å².